The lowest BCUT2D eigenvalue weighted by atomic mass is 10.0. The van der Waals surface area contributed by atoms with E-state index in [0.29, 0.717) is 12.4 Å². The summed E-state index contributed by atoms with van der Waals surface area (Å²) in [5, 5.41) is 0. The Hall–Kier alpha value is -1.69. The number of carbonyl (C=O) groups excluding carboxylic acids is 1. The van der Waals surface area contributed by atoms with Gasteiger partial charge in [0.2, 0.25) is 5.91 Å². The van der Waals surface area contributed by atoms with Crippen molar-refractivity contribution in [3.63, 3.8) is 0 Å². The molecule has 1 fully saturated rings. The molecule has 6 heteroatoms. The van der Waals surface area contributed by atoms with E-state index in [1.807, 2.05) is 4.90 Å². The van der Waals surface area contributed by atoms with Crippen molar-refractivity contribution < 1.29 is 4.79 Å². The summed E-state index contributed by atoms with van der Waals surface area (Å²) in [5.41, 5.74) is 11.4. The van der Waals surface area contributed by atoms with Gasteiger partial charge in [0, 0.05) is 13.1 Å². The number of hydrogen-bond acceptors (Lipinski definition) is 5. The van der Waals surface area contributed by atoms with Crippen LogP contribution in [0.15, 0.2) is 12.4 Å². The summed E-state index contributed by atoms with van der Waals surface area (Å²) in [6, 6.07) is -0.149. The van der Waals surface area contributed by atoms with E-state index < -0.39 is 0 Å². The van der Waals surface area contributed by atoms with Gasteiger partial charge in [0.05, 0.1) is 24.1 Å². The van der Waals surface area contributed by atoms with Gasteiger partial charge in [-0.05, 0) is 6.42 Å². The highest BCUT2D eigenvalue weighted by Crippen LogP contribution is 2.18. The van der Waals surface area contributed by atoms with Gasteiger partial charge in [-0.25, -0.2) is 4.98 Å². The molecule has 0 aliphatic carbocycles. The summed E-state index contributed by atoms with van der Waals surface area (Å²) < 4.78 is 0. The molecule has 1 unspecified atom stereocenters. The van der Waals surface area contributed by atoms with Crippen LogP contribution in [0.25, 0.3) is 0 Å². The Labute approximate surface area is 87.3 Å². The number of anilines is 1. The standard InChI is InChI=1S/C9H13N5O/c10-8-4-12-6(3-13-8)5-14-2-1-7(14)9(11)15/h3-4,7H,1-2,5H2,(H2,10,13)(H2,11,15). The third-order valence-corrected chi connectivity index (χ3v) is 2.55. The van der Waals surface area contributed by atoms with Crippen LogP contribution >= 0.6 is 0 Å². The first-order chi connectivity index (χ1) is 7.16. The van der Waals surface area contributed by atoms with Gasteiger partial charge >= 0.3 is 0 Å². The fourth-order valence-electron chi connectivity index (χ4n) is 1.61. The molecule has 0 spiro atoms. The molecule has 2 rings (SSSR count). The summed E-state index contributed by atoms with van der Waals surface area (Å²) in [7, 11) is 0. The number of nitrogen functional groups attached to an aromatic ring is 1. The quantitative estimate of drug-likeness (QED) is 0.670. The molecule has 0 bridgehead atoms. The maximum atomic E-state index is 11.0. The van der Waals surface area contributed by atoms with Gasteiger partial charge in [0.25, 0.3) is 0 Å². The number of nitrogens with zero attached hydrogens (tertiary/aromatic N) is 3. The lowest BCUT2D eigenvalue weighted by Crippen LogP contribution is -2.54. The molecule has 1 aliphatic rings. The van der Waals surface area contributed by atoms with Crippen molar-refractivity contribution in [3.8, 4) is 0 Å². The number of rotatable bonds is 3. The van der Waals surface area contributed by atoms with E-state index in [0.717, 1.165) is 18.7 Å². The molecule has 2 heterocycles. The molecular formula is C9H13N5O. The van der Waals surface area contributed by atoms with Crippen LogP contribution in [0.2, 0.25) is 0 Å². The lowest BCUT2D eigenvalue weighted by molar-refractivity contribution is -0.127. The van der Waals surface area contributed by atoms with Gasteiger partial charge in [-0.3, -0.25) is 14.7 Å². The molecular weight excluding hydrogens is 194 g/mol. The predicted molar refractivity (Wildman–Crippen MR) is 54.5 cm³/mol. The highest BCUT2D eigenvalue weighted by molar-refractivity contribution is 5.80. The van der Waals surface area contributed by atoms with Crippen molar-refractivity contribution in [2.24, 2.45) is 5.73 Å². The van der Waals surface area contributed by atoms with Crippen molar-refractivity contribution in [2.75, 3.05) is 12.3 Å². The first kappa shape index (κ1) is 9.85. The number of aromatic nitrogens is 2. The fraction of sp³-hybridized carbons (Fsp3) is 0.444. The topological polar surface area (TPSA) is 98.1 Å². The second-order valence-electron chi connectivity index (χ2n) is 3.61. The van der Waals surface area contributed by atoms with E-state index in [4.69, 9.17) is 11.5 Å². The van der Waals surface area contributed by atoms with Crippen LogP contribution in [-0.2, 0) is 11.3 Å². The minimum Gasteiger partial charge on any atom is -0.382 e. The first-order valence-corrected chi connectivity index (χ1v) is 4.76. The molecule has 0 aromatic carbocycles. The Bertz CT molecular complexity index is 363. The van der Waals surface area contributed by atoms with Crippen LogP contribution in [0.4, 0.5) is 5.82 Å². The first-order valence-electron chi connectivity index (χ1n) is 4.76. The average molecular weight is 207 g/mol. The molecule has 1 atom stereocenters. The molecule has 6 nitrogen and oxygen atoms in total. The monoisotopic (exact) mass is 207 g/mol. The van der Waals surface area contributed by atoms with E-state index in [2.05, 4.69) is 9.97 Å². The number of hydrogen-bond donors (Lipinski definition) is 2. The van der Waals surface area contributed by atoms with Crippen LogP contribution in [0.5, 0.6) is 0 Å². The summed E-state index contributed by atoms with van der Waals surface area (Å²) in [4.78, 5) is 21.0. The second kappa shape index (κ2) is 3.82. The van der Waals surface area contributed by atoms with Crippen molar-refractivity contribution in [3.05, 3.63) is 18.1 Å². The van der Waals surface area contributed by atoms with Crippen LogP contribution < -0.4 is 11.5 Å². The lowest BCUT2D eigenvalue weighted by Gasteiger charge is -2.38. The smallest absolute Gasteiger partial charge is 0.234 e. The summed E-state index contributed by atoms with van der Waals surface area (Å²) in [6.45, 7) is 1.47. The third kappa shape index (κ3) is 2.04. The normalized spacial score (nSPS) is 20.9. The molecule has 80 valence electrons. The van der Waals surface area contributed by atoms with Crippen molar-refractivity contribution in [2.45, 2.75) is 19.0 Å². The zero-order valence-electron chi connectivity index (χ0n) is 8.26. The fourth-order valence-corrected chi connectivity index (χ4v) is 1.61. The predicted octanol–water partition coefficient (Wildman–Crippen LogP) is -0.882. The molecule has 15 heavy (non-hydrogen) atoms. The Kier molecular flexibility index (Phi) is 2.51. The number of likely N-dealkylation sites (tertiary alicyclic amines) is 1. The SMILES string of the molecule is NC(=O)C1CCN1Cc1cnc(N)cn1. The number of carbonyl (C=O) groups is 1. The molecule has 1 aromatic heterocycles. The Morgan fingerprint density at radius 3 is 2.80 bits per heavy atom. The molecule has 0 radical (unpaired) electrons. The largest absolute Gasteiger partial charge is 0.382 e. The minimum atomic E-state index is -0.273. The van der Waals surface area contributed by atoms with Crippen LogP contribution in [0.1, 0.15) is 12.1 Å². The molecule has 1 aromatic rings. The van der Waals surface area contributed by atoms with Gasteiger partial charge in [-0.1, -0.05) is 0 Å². The molecule has 1 amide bonds. The van der Waals surface area contributed by atoms with Crippen LogP contribution in [-0.4, -0.2) is 33.4 Å². The number of nitrogens with two attached hydrogens (primary N) is 2. The average Bonchev–Trinajstić information content (AvgIpc) is 2.14. The summed E-state index contributed by atoms with van der Waals surface area (Å²) in [6.07, 6.45) is 3.96. The van der Waals surface area contributed by atoms with Gasteiger partial charge < -0.3 is 11.5 Å². The van der Waals surface area contributed by atoms with Crippen LogP contribution in [0, 0.1) is 0 Å². The molecule has 0 saturated carbocycles. The molecule has 1 aliphatic heterocycles. The Morgan fingerprint density at radius 1 is 1.53 bits per heavy atom. The van der Waals surface area contributed by atoms with Gasteiger partial charge in [0.1, 0.15) is 5.82 Å². The highest BCUT2D eigenvalue weighted by atomic mass is 16.1. The van der Waals surface area contributed by atoms with Gasteiger partial charge in [-0.15, -0.1) is 0 Å². The zero-order chi connectivity index (χ0) is 10.8. The van der Waals surface area contributed by atoms with Crippen molar-refractivity contribution in [1.82, 2.24) is 14.9 Å². The Morgan fingerprint density at radius 2 is 2.33 bits per heavy atom. The van der Waals surface area contributed by atoms with Crippen LogP contribution in [0.3, 0.4) is 0 Å². The molecule has 1 saturated heterocycles. The van der Waals surface area contributed by atoms with Gasteiger partial charge in [0.15, 0.2) is 0 Å². The third-order valence-electron chi connectivity index (χ3n) is 2.55. The molecule has 4 N–H and O–H groups in total. The summed E-state index contributed by atoms with van der Waals surface area (Å²) in [5.74, 6) is 0.124. The number of amides is 1. The zero-order valence-corrected chi connectivity index (χ0v) is 8.26. The Balaban J connectivity index is 1.97. The second-order valence-corrected chi connectivity index (χ2v) is 3.61. The van der Waals surface area contributed by atoms with Gasteiger partial charge in [-0.2, -0.15) is 0 Å². The van der Waals surface area contributed by atoms with E-state index in [-0.39, 0.29) is 11.9 Å². The highest BCUT2D eigenvalue weighted by Gasteiger charge is 2.32. The maximum Gasteiger partial charge on any atom is 0.234 e. The number of primary amides is 1. The van der Waals surface area contributed by atoms with E-state index in [1.54, 1.807) is 6.20 Å². The van der Waals surface area contributed by atoms with E-state index in [1.165, 1.54) is 6.20 Å². The minimum absolute atomic E-state index is 0.149. The van der Waals surface area contributed by atoms with Crippen molar-refractivity contribution in [1.29, 1.82) is 0 Å². The maximum absolute atomic E-state index is 11.0. The van der Waals surface area contributed by atoms with E-state index in [9.17, 15) is 4.79 Å². The van der Waals surface area contributed by atoms with Crippen molar-refractivity contribution >= 4 is 11.7 Å². The van der Waals surface area contributed by atoms with E-state index >= 15 is 0 Å². The summed E-state index contributed by atoms with van der Waals surface area (Å²) >= 11 is 0.